The highest BCUT2D eigenvalue weighted by Gasteiger charge is 2.09. The van der Waals surface area contributed by atoms with E-state index in [9.17, 15) is 0 Å². The Morgan fingerprint density at radius 2 is 1.61 bits per heavy atom. The maximum atomic E-state index is 8.78. The van der Waals surface area contributed by atoms with Crippen molar-refractivity contribution in [3.05, 3.63) is 64.5 Å². The molecule has 2 heteroatoms. The minimum absolute atomic E-state index is 0.698. The quantitative estimate of drug-likeness (QED) is 0.738. The predicted molar refractivity (Wildman–Crippen MR) is 71.1 cm³/mol. The van der Waals surface area contributed by atoms with Crippen molar-refractivity contribution in [2.24, 2.45) is 0 Å². The Labute approximate surface area is 108 Å². The topological polar surface area (TPSA) is 27.7 Å². The van der Waals surface area contributed by atoms with Crippen LogP contribution in [0, 0.1) is 32.1 Å². The summed E-state index contributed by atoms with van der Waals surface area (Å²) in [6.07, 6.45) is 3.91. The van der Waals surface area contributed by atoms with Gasteiger partial charge in [0.05, 0.1) is 11.6 Å². The Balaban J connectivity index is 2.31. The van der Waals surface area contributed by atoms with Crippen LogP contribution in [0.25, 0.3) is 0 Å². The molecule has 2 aromatic rings. The Morgan fingerprint density at radius 1 is 1.06 bits per heavy atom. The second kappa shape index (κ2) is 5.01. The molecule has 0 N–H and O–H groups in total. The zero-order chi connectivity index (χ0) is 13.1. The van der Waals surface area contributed by atoms with E-state index in [4.69, 9.17) is 5.26 Å². The van der Waals surface area contributed by atoms with Gasteiger partial charge in [0.1, 0.15) is 0 Å². The van der Waals surface area contributed by atoms with Crippen molar-refractivity contribution in [2.75, 3.05) is 0 Å². The van der Waals surface area contributed by atoms with E-state index in [2.05, 4.69) is 43.5 Å². The van der Waals surface area contributed by atoms with E-state index in [1.807, 2.05) is 24.5 Å². The van der Waals surface area contributed by atoms with Crippen LogP contribution < -0.4 is 4.57 Å². The summed E-state index contributed by atoms with van der Waals surface area (Å²) in [5.41, 5.74) is 6.01. The third-order valence-corrected chi connectivity index (χ3v) is 3.20. The van der Waals surface area contributed by atoms with Crippen molar-refractivity contribution in [2.45, 2.75) is 27.3 Å². The summed E-state index contributed by atoms with van der Waals surface area (Å²) in [5.74, 6) is 0. The number of hydrogen-bond acceptors (Lipinski definition) is 1. The van der Waals surface area contributed by atoms with Gasteiger partial charge in [-0.25, -0.2) is 4.57 Å². The maximum Gasteiger partial charge on any atom is 0.174 e. The Bertz CT molecular complexity index is 581. The molecule has 0 unspecified atom stereocenters. The van der Waals surface area contributed by atoms with Crippen LogP contribution in [0.1, 0.15) is 27.8 Å². The molecule has 2 rings (SSSR count). The van der Waals surface area contributed by atoms with Crippen LogP contribution in [0.2, 0.25) is 0 Å². The fourth-order valence-electron chi connectivity index (χ4n) is 2.28. The molecule has 18 heavy (non-hydrogen) atoms. The standard InChI is InChI=1S/C16H17N2/c1-12-8-13(2)16(14(3)9-12)11-18-6-4-15(10-17)5-7-18/h4-9H,11H2,1-3H3/q+1. The molecule has 0 fully saturated rings. The molecule has 2 nitrogen and oxygen atoms in total. The second-order valence-corrected chi connectivity index (χ2v) is 4.75. The monoisotopic (exact) mass is 237 g/mol. The fraction of sp³-hybridized carbons (Fsp3) is 0.250. The molecule has 1 heterocycles. The molecule has 0 aliphatic rings. The number of aromatic nitrogens is 1. The van der Waals surface area contributed by atoms with Gasteiger partial charge in [0.15, 0.2) is 18.9 Å². The lowest BCUT2D eigenvalue weighted by atomic mass is 10.00. The first-order valence-electron chi connectivity index (χ1n) is 6.06. The molecule has 0 aliphatic heterocycles. The number of aryl methyl sites for hydroxylation is 3. The van der Waals surface area contributed by atoms with Crippen LogP contribution in [0.5, 0.6) is 0 Å². The largest absolute Gasteiger partial charge is 0.201 e. The molecule has 0 radical (unpaired) electrons. The normalized spacial score (nSPS) is 10.1. The highest BCUT2D eigenvalue weighted by Crippen LogP contribution is 2.15. The molecule has 0 saturated heterocycles. The number of nitrogens with zero attached hydrogens (tertiary/aromatic N) is 2. The average molecular weight is 237 g/mol. The summed E-state index contributed by atoms with van der Waals surface area (Å²) < 4.78 is 2.10. The van der Waals surface area contributed by atoms with Crippen LogP contribution >= 0.6 is 0 Å². The van der Waals surface area contributed by atoms with Crippen molar-refractivity contribution >= 4 is 0 Å². The highest BCUT2D eigenvalue weighted by molar-refractivity contribution is 5.36. The molecule has 0 aliphatic carbocycles. The van der Waals surface area contributed by atoms with Crippen LogP contribution in [0.15, 0.2) is 36.7 Å². The molecule has 0 atom stereocenters. The van der Waals surface area contributed by atoms with E-state index in [-0.39, 0.29) is 0 Å². The smallest absolute Gasteiger partial charge is 0.174 e. The molecular formula is C16H17N2+. The number of hydrogen-bond donors (Lipinski definition) is 0. The van der Waals surface area contributed by atoms with Crippen molar-refractivity contribution in [1.29, 1.82) is 5.26 Å². The third-order valence-electron chi connectivity index (χ3n) is 3.20. The Kier molecular flexibility index (Phi) is 3.43. The van der Waals surface area contributed by atoms with Gasteiger partial charge >= 0.3 is 0 Å². The third kappa shape index (κ3) is 2.57. The predicted octanol–water partition coefficient (Wildman–Crippen LogP) is 2.82. The van der Waals surface area contributed by atoms with Crippen molar-refractivity contribution in [1.82, 2.24) is 0 Å². The van der Waals surface area contributed by atoms with Gasteiger partial charge in [0.2, 0.25) is 0 Å². The lowest BCUT2D eigenvalue weighted by Gasteiger charge is -2.08. The lowest BCUT2D eigenvalue weighted by Crippen LogP contribution is -2.34. The molecule has 90 valence electrons. The number of pyridine rings is 1. The molecule has 0 bridgehead atoms. The van der Waals surface area contributed by atoms with Gasteiger partial charge in [-0.15, -0.1) is 0 Å². The molecule has 0 spiro atoms. The highest BCUT2D eigenvalue weighted by atomic mass is 14.9. The number of nitriles is 1. The van der Waals surface area contributed by atoms with Crippen LogP contribution in [-0.4, -0.2) is 0 Å². The van der Waals surface area contributed by atoms with E-state index >= 15 is 0 Å². The summed E-state index contributed by atoms with van der Waals surface area (Å²) in [6.45, 7) is 7.28. The Hall–Kier alpha value is -2.14. The Morgan fingerprint density at radius 3 is 2.11 bits per heavy atom. The van der Waals surface area contributed by atoms with Crippen molar-refractivity contribution in [3.63, 3.8) is 0 Å². The summed E-state index contributed by atoms with van der Waals surface area (Å²) in [6, 6.07) is 10.3. The maximum absolute atomic E-state index is 8.78. The summed E-state index contributed by atoms with van der Waals surface area (Å²) in [5, 5.41) is 8.78. The summed E-state index contributed by atoms with van der Waals surface area (Å²) in [7, 11) is 0. The van der Waals surface area contributed by atoms with E-state index in [1.165, 1.54) is 22.3 Å². The zero-order valence-electron chi connectivity index (χ0n) is 11.1. The fourth-order valence-corrected chi connectivity index (χ4v) is 2.28. The van der Waals surface area contributed by atoms with Crippen molar-refractivity contribution in [3.8, 4) is 6.07 Å². The summed E-state index contributed by atoms with van der Waals surface area (Å²) in [4.78, 5) is 0. The molecule has 1 aromatic heterocycles. The van der Waals surface area contributed by atoms with E-state index < -0.39 is 0 Å². The SMILES string of the molecule is Cc1cc(C)c(C[n+]2ccc(C#N)cc2)c(C)c1. The summed E-state index contributed by atoms with van der Waals surface area (Å²) >= 11 is 0. The van der Waals surface area contributed by atoms with Crippen molar-refractivity contribution < 1.29 is 4.57 Å². The van der Waals surface area contributed by atoms with Gasteiger partial charge in [0.25, 0.3) is 0 Å². The van der Waals surface area contributed by atoms with Gasteiger partial charge in [-0.2, -0.15) is 5.26 Å². The molecule has 0 saturated carbocycles. The van der Waals surface area contributed by atoms with Crippen LogP contribution in [-0.2, 0) is 6.54 Å². The zero-order valence-corrected chi connectivity index (χ0v) is 11.1. The average Bonchev–Trinajstić information content (AvgIpc) is 2.34. The second-order valence-electron chi connectivity index (χ2n) is 4.75. The van der Waals surface area contributed by atoms with E-state index in [1.54, 1.807) is 0 Å². The molecule has 0 amide bonds. The van der Waals surface area contributed by atoms with Gasteiger partial charge in [-0.1, -0.05) is 17.7 Å². The molecule has 1 aromatic carbocycles. The van der Waals surface area contributed by atoms with Gasteiger partial charge in [-0.3, -0.25) is 0 Å². The first-order valence-corrected chi connectivity index (χ1v) is 6.06. The van der Waals surface area contributed by atoms with Gasteiger partial charge in [0, 0.05) is 17.7 Å². The first-order chi connectivity index (χ1) is 8.60. The van der Waals surface area contributed by atoms with Gasteiger partial charge < -0.3 is 0 Å². The van der Waals surface area contributed by atoms with Crippen LogP contribution in [0.3, 0.4) is 0 Å². The molecular weight excluding hydrogens is 220 g/mol. The number of benzene rings is 1. The lowest BCUT2D eigenvalue weighted by molar-refractivity contribution is -0.688. The van der Waals surface area contributed by atoms with E-state index in [0.29, 0.717) is 5.56 Å². The number of rotatable bonds is 2. The van der Waals surface area contributed by atoms with E-state index in [0.717, 1.165) is 6.54 Å². The minimum Gasteiger partial charge on any atom is -0.201 e. The van der Waals surface area contributed by atoms with Crippen LogP contribution in [0.4, 0.5) is 0 Å². The van der Waals surface area contributed by atoms with Gasteiger partial charge in [-0.05, 0) is 31.9 Å². The minimum atomic E-state index is 0.698. The first kappa shape index (κ1) is 12.3.